The number of methoxy groups -OCH3 is 2. The van der Waals surface area contributed by atoms with Gasteiger partial charge in [0.25, 0.3) is 11.5 Å². The van der Waals surface area contributed by atoms with Gasteiger partial charge in [-0.1, -0.05) is 6.07 Å². The molecule has 230 valence electrons. The van der Waals surface area contributed by atoms with Crippen LogP contribution in [0.1, 0.15) is 34.5 Å². The average molecular weight is 608 g/mol. The molecule has 2 fully saturated rings. The van der Waals surface area contributed by atoms with E-state index in [0.29, 0.717) is 43.1 Å². The number of carbonyl (C=O) groups is 1. The third kappa shape index (κ3) is 5.67. The second-order valence-corrected chi connectivity index (χ2v) is 11.1. The molecule has 0 spiro atoms. The monoisotopic (exact) mass is 607 g/mol. The Morgan fingerprint density at radius 3 is 2.36 bits per heavy atom. The van der Waals surface area contributed by atoms with Gasteiger partial charge in [0.2, 0.25) is 0 Å². The van der Waals surface area contributed by atoms with Crippen LogP contribution in [0.2, 0.25) is 0 Å². The van der Waals surface area contributed by atoms with E-state index in [0.717, 1.165) is 34.4 Å². The molecule has 1 amide bonds. The quantitative estimate of drug-likeness (QED) is 0.288. The lowest BCUT2D eigenvalue weighted by atomic mass is 9.97. The molecule has 2 aliphatic rings. The van der Waals surface area contributed by atoms with Gasteiger partial charge >= 0.3 is 6.18 Å². The number of nitriles is 1. The number of fused-ring (bicyclic) bond motifs is 2. The number of nitrogens with zero attached hydrogens (tertiary/aromatic N) is 5. The highest BCUT2D eigenvalue weighted by atomic mass is 19.4. The van der Waals surface area contributed by atoms with Crippen LogP contribution in [-0.4, -0.2) is 64.7 Å². The van der Waals surface area contributed by atoms with Crippen LogP contribution in [0.5, 0.6) is 11.5 Å². The summed E-state index contributed by atoms with van der Waals surface area (Å²) in [5.74, 6) is 0.731. The first-order valence-electron chi connectivity index (χ1n) is 14.0. The van der Waals surface area contributed by atoms with Crippen molar-refractivity contribution >= 4 is 12.0 Å². The molecule has 2 unspecified atom stereocenters. The first-order valence-corrected chi connectivity index (χ1v) is 14.0. The van der Waals surface area contributed by atoms with Gasteiger partial charge in [-0.3, -0.25) is 14.5 Å². The van der Waals surface area contributed by atoms with Crippen molar-refractivity contribution in [3.8, 4) is 28.7 Å². The number of ether oxygens (including phenoxy) is 2. The van der Waals surface area contributed by atoms with Gasteiger partial charge in [0.05, 0.1) is 25.5 Å². The predicted molar refractivity (Wildman–Crippen MR) is 157 cm³/mol. The van der Waals surface area contributed by atoms with E-state index in [9.17, 15) is 28.0 Å². The standard InChI is InChI=1S/C32H32F3N5O4/c1-18-19(2)30(41)38(3)16-25(18)20-10-27(43-4)26(28(11-20)44-5)17-39-14-24-12-23(39)15-40(24)31(42)21(13-36)9-22-7-6-8-29(37-22)32(33,34)35/h6-11,16,23-24H,12,14-15,17H2,1-5H3/b21-9+. The Morgan fingerprint density at radius 2 is 1.80 bits per heavy atom. The smallest absolute Gasteiger partial charge is 0.433 e. The summed E-state index contributed by atoms with van der Waals surface area (Å²) in [4.78, 5) is 33.1. The Morgan fingerprint density at radius 1 is 1.11 bits per heavy atom. The molecule has 0 radical (unpaired) electrons. The van der Waals surface area contributed by atoms with Crippen molar-refractivity contribution in [3.05, 3.63) is 80.5 Å². The molecule has 4 heterocycles. The summed E-state index contributed by atoms with van der Waals surface area (Å²) in [6, 6.07) is 8.91. The average Bonchev–Trinajstić information content (AvgIpc) is 3.61. The Hall–Kier alpha value is -4.63. The first kappa shape index (κ1) is 30.8. The number of rotatable bonds is 7. The number of halogens is 3. The summed E-state index contributed by atoms with van der Waals surface area (Å²) in [5.41, 5.74) is 2.61. The molecular formula is C32H32F3N5O4. The zero-order valence-corrected chi connectivity index (χ0v) is 25.0. The lowest BCUT2D eigenvalue weighted by molar-refractivity contribution is -0.141. The molecule has 5 rings (SSSR count). The minimum Gasteiger partial charge on any atom is -0.496 e. The number of aromatic nitrogens is 2. The molecule has 2 aliphatic heterocycles. The third-order valence-corrected chi connectivity index (χ3v) is 8.53. The Kier molecular flexibility index (Phi) is 8.27. The summed E-state index contributed by atoms with van der Waals surface area (Å²) in [7, 11) is 4.90. The molecule has 1 aromatic carbocycles. The van der Waals surface area contributed by atoms with E-state index in [1.807, 2.05) is 25.1 Å². The van der Waals surface area contributed by atoms with E-state index < -0.39 is 17.8 Å². The number of alkyl halides is 3. The minimum absolute atomic E-state index is 0.0122. The number of piperazine rings is 1. The molecule has 2 atom stereocenters. The lowest BCUT2D eigenvalue weighted by Crippen LogP contribution is -2.48. The maximum atomic E-state index is 13.3. The third-order valence-electron chi connectivity index (χ3n) is 8.53. The summed E-state index contributed by atoms with van der Waals surface area (Å²) in [5, 5.41) is 9.67. The number of likely N-dealkylation sites (tertiary alicyclic amines) is 2. The Bertz CT molecular complexity index is 1730. The molecule has 9 nitrogen and oxygen atoms in total. The summed E-state index contributed by atoms with van der Waals surface area (Å²) >= 11 is 0. The Balaban J connectivity index is 1.35. The predicted octanol–water partition coefficient (Wildman–Crippen LogP) is 4.49. The number of aryl methyl sites for hydroxylation is 1. The number of hydrogen-bond acceptors (Lipinski definition) is 7. The van der Waals surface area contributed by atoms with Gasteiger partial charge < -0.3 is 18.9 Å². The van der Waals surface area contributed by atoms with Crippen LogP contribution in [-0.2, 0) is 24.6 Å². The highest BCUT2D eigenvalue weighted by Gasteiger charge is 2.46. The van der Waals surface area contributed by atoms with Crippen LogP contribution in [0.15, 0.2) is 46.9 Å². The summed E-state index contributed by atoms with van der Waals surface area (Å²) in [6.07, 6.45) is -1.03. The van der Waals surface area contributed by atoms with Crippen LogP contribution < -0.4 is 15.0 Å². The van der Waals surface area contributed by atoms with Crippen LogP contribution >= 0.6 is 0 Å². The van der Waals surface area contributed by atoms with Crippen molar-refractivity contribution in [1.82, 2.24) is 19.4 Å². The summed E-state index contributed by atoms with van der Waals surface area (Å²) < 4.78 is 52.4. The number of amides is 1. The molecule has 12 heteroatoms. The molecule has 2 bridgehead atoms. The van der Waals surface area contributed by atoms with Gasteiger partial charge in [-0.05, 0) is 61.7 Å². The highest BCUT2D eigenvalue weighted by Crippen LogP contribution is 2.40. The molecule has 0 aliphatic carbocycles. The SMILES string of the molecule is COc1cc(-c2cn(C)c(=O)c(C)c2C)cc(OC)c1CN1CC2CC1CN2C(=O)/C(C#N)=C/c1cccc(C(F)(F)F)n1. The van der Waals surface area contributed by atoms with Crippen LogP contribution in [0.3, 0.4) is 0 Å². The van der Waals surface area contributed by atoms with E-state index in [-0.39, 0.29) is 28.9 Å². The van der Waals surface area contributed by atoms with Gasteiger partial charge in [-0.25, -0.2) is 4.98 Å². The molecule has 2 saturated heterocycles. The zero-order chi connectivity index (χ0) is 31.9. The minimum atomic E-state index is -4.64. The van der Waals surface area contributed by atoms with E-state index in [2.05, 4.69) is 9.88 Å². The summed E-state index contributed by atoms with van der Waals surface area (Å²) in [6.45, 7) is 5.13. The second-order valence-electron chi connectivity index (χ2n) is 11.1. The van der Waals surface area contributed by atoms with Gasteiger partial charge in [0.1, 0.15) is 28.8 Å². The number of hydrogen-bond donors (Lipinski definition) is 0. The molecule has 3 aromatic rings. The first-order chi connectivity index (χ1) is 20.9. The maximum absolute atomic E-state index is 13.3. The van der Waals surface area contributed by atoms with E-state index >= 15 is 0 Å². The lowest BCUT2D eigenvalue weighted by Gasteiger charge is -2.34. The van der Waals surface area contributed by atoms with Crippen molar-refractivity contribution in [3.63, 3.8) is 0 Å². The van der Waals surface area contributed by atoms with Crippen LogP contribution in [0, 0.1) is 25.2 Å². The second kappa shape index (κ2) is 11.8. The topological polar surface area (TPSA) is 101 Å². The van der Waals surface area contributed by atoms with Gasteiger partial charge in [-0.15, -0.1) is 0 Å². The van der Waals surface area contributed by atoms with E-state index in [1.165, 1.54) is 12.1 Å². The van der Waals surface area contributed by atoms with Crippen molar-refractivity contribution in [2.45, 2.75) is 45.1 Å². The number of benzene rings is 1. The molecule has 44 heavy (non-hydrogen) atoms. The van der Waals surface area contributed by atoms with Crippen LogP contribution in [0.4, 0.5) is 13.2 Å². The van der Waals surface area contributed by atoms with Crippen molar-refractivity contribution in [2.75, 3.05) is 27.3 Å². The fourth-order valence-electron chi connectivity index (χ4n) is 6.09. The normalized spacial score (nSPS) is 18.4. The van der Waals surface area contributed by atoms with Crippen molar-refractivity contribution in [1.29, 1.82) is 5.26 Å². The molecule has 0 N–H and O–H groups in total. The van der Waals surface area contributed by atoms with Gasteiger partial charge in [0.15, 0.2) is 0 Å². The van der Waals surface area contributed by atoms with Gasteiger partial charge in [0, 0.05) is 56.1 Å². The number of pyridine rings is 2. The molecular weight excluding hydrogens is 575 g/mol. The Labute approximate surface area is 252 Å². The van der Waals surface area contributed by atoms with Crippen molar-refractivity contribution in [2.24, 2.45) is 7.05 Å². The maximum Gasteiger partial charge on any atom is 0.433 e. The molecule has 2 aromatic heterocycles. The highest BCUT2D eigenvalue weighted by molar-refractivity contribution is 6.02. The number of carbonyl (C=O) groups excluding carboxylic acids is 1. The fraction of sp³-hybridized carbons (Fsp3) is 0.375. The van der Waals surface area contributed by atoms with E-state index in [4.69, 9.17) is 9.47 Å². The fourth-order valence-corrected chi connectivity index (χ4v) is 6.09. The largest absolute Gasteiger partial charge is 0.496 e. The molecule has 0 saturated carbocycles. The van der Waals surface area contributed by atoms with E-state index in [1.54, 1.807) is 43.9 Å². The zero-order valence-electron chi connectivity index (χ0n) is 25.0. The van der Waals surface area contributed by atoms with Crippen LogP contribution in [0.25, 0.3) is 17.2 Å². The van der Waals surface area contributed by atoms with Gasteiger partial charge in [-0.2, -0.15) is 18.4 Å². The van der Waals surface area contributed by atoms with Crippen molar-refractivity contribution < 1.29 is 27.4 Å².